The number of pyridine rings is 1. The summed E-state index contributed by atoms with van der Waals surface area (Å²) in [5.74, 6) is 0.939. The predicted octanol–water partition coefficient (Wildman–Crippen LogP) is 2.95. The first-order valence-electron chi connectivity index (χ1n) is 5.02. The van der Waals surface area contributed by atoms with E-state index in [0.717, 1.165) is 32.3 Å². The first kappa shape index (κ1) is 11.2. The van der Waals surface area contributed by atoms with Crippen molar-refractivity contribution < 1.29 is 0 Å². The Labute approximate surface area is 103 Å². The van der Waals surface area contributed by atoms with Crippen LogP contribution in [-0.4, -0.2) is 19.1 Å². The molecule has 2 rings (SSSR count). The lowest BCUT2D eigenvalue weighted by molar-refractivity contribution is 1.08. The summed E-state index contributed by atoms with van der Waals surface area (Å²) in [5.41, 5.74) is 7.98. The smallest absolute Gasteiger partial charge is 0.136 e. The van der Waals surface area contributed by atoms with Crippen LogP contribution in [0.15, 0.2) is 22.8 Å². The highest BCUT2D eigenvalue weighted by Gasteiger charge is 2.10. The van der Waals surface area contributed by atoms with Gasteiger partial charge in [-0.2, -0.15) is 0 Å². The van der Waals surface area contributed by atoms with Crippen LogP contribution >= 0.6 is 15.9 Å². The summed E-state index contributed by atoms with van der Waals surface area (Å²) < 4.78 is 0.936. The van der Waals surface area contributed by atoms with Gasteiger partial charge in [0.2, 0.25) is 0 Å². The average Bonchev–Trinajstić information content (AvgIpc) is 2.15. The van der Waals surface area contributed by atoms with Crippen LogP contribution in [0.4, 0.5) is 11.5 Å². The van der Waals surface area contributed by atoms with E-state index in [1.807, 2.05) is 32.0 Å². The average molecular weight is 280 g/mol. The monoisotopic (exact) mass is 279 g/mol. The Bertz CT molecular complexity index is 549. The Hall–Kier alpha value is -1.29. The number of nitrogen functional groups attached to an aromatic ring is 1. The molecule has 0 aliphatic heterocycles. The molecule has 16 heavy (non-hydrogen) atoms. The van der Waals surface area contributed by atoms with Gasteiger partial charge in [0.1, 0.15) is 5.82 Å². The molecule has 1 aromatic heterocycles. The third-order valence-corrected chi connectivity index (χ3v) is 3.12. The number of anilines is 2. The Kier molecular flexibility index (Phi) is 2.76. The number of nitrogens with zero attached hydrogens (tertiary/aromatic N) is 2. The summed E-state index contributed by atoms with van der Waals surface area (Å²) in [6.45, 7) is 2.04. The van der Waals surface area contributed by atoms with Gasteiger partial charge in [0.05, 0.1) is 0 Å². The van der Waals surface area contributed by atoms with E-state index in [1.54, 1.807) is 6.20 Å². The fourth-order valence-corrected chi connectivity index (χ4v) is 2.41. The molecular weight excluding hydrogens is 266 g/mol. The molecule has 0 spiro atoms. The zero-order valence-electron chi connectivity index (χ0n) is 9.58. The molecule has 0 saturated carbocycles. The van der Waals surface area contributed by atoms with E-state index in [-0.39, 0.29) is 0 Å². The van der Waals surface area contributed by atoms with Crippen LogP contribution in [0.2, 0.25) is 0 Å². The summed E-state index contributed by atoms with van der Waals surface area (Å²) >= 11 is 3.49. The molecule has 1 heterocycles. The number of aryl methyl sites for hydroxylation is 1. The molecular formula is C12H14BrN3. The maximum absolute atomic E-state index is 6.05. The minimum Gasteiger partial charge on any atom is -0.398 e. The number of benzene rings is 1. The summed E-state index contributed by atoms with van der Waals surface area (Å²) in [6, 6.07) is 4.09. The minimum absolute atomic E-state index is 0.785. The summed E-state index contributed by atoms with van der Waals surface area (Å²) in [5, 5.41) is 2.11. The Morgan fingerprint density at radius 3 is 2.62 bits per heavy atom. The number of nitrogens with two attached hydrogens (primary N) is 1. The van der Waals surface area contributed by atoms with Gasteiger partial charge in [0.25, 0.3) is 0 Å². The largest absolute Gasteiger partial charge is 0.398 e. The predicted molar refractivity (Wildman–Crippen MR) is 72.9 cm³/mol. The van der Waals surface area contributed by atoms with Gasteiger partial charge in [-0.15, -0.1) is 0 Å². The molecule has 0 fully saturated rings. The lowest BCUT2D eigenvalue weighted by Gasteiger charge is -2.16. The molecule has 0 bridgehead atoms. The molecule has 3 nitrogen and oxygen atoms in total. The van der Waals surface area contributed by atoms with Crippen LogP contribution in [0.1, 0.15) is 5.56 Å². The van der Waals surface area contributed by atoms with Gasteiger partial charge in [0.15, 0.2) is 0 Å². The first-order chi connectivity index (χ1) is 7.50. The molecule has 0 aliphatic rings. The molecule has 2 N–H and O–H groups in total. The third kappa shape index (κ3) is 1.73. The van der Waals surface area contributed by atoms with E-state index in [1.165, 1.54) is 0 Å². The topological polar surface area (TPSA) is 42.1 Å². The summed E-state index contributed by atoms with van der Waals surface area (Å²) in [6.07, 6.45) is 1.80. The zero-order valence-corrected chi connectivity index (χ0v) is 11.2. The van der Waals surface area contributed by atoms with Crippen LogP contribution < -0.4 is 10.6 Å². The van der Waals surface area contributed by atoms with Gasteiger partial charge >= 0.3 is 0 Å². The highest BCUT2D eigenvalue weighted by Crippen LogP contribution is 2.34. The number of rotatable bonds is 1. The van der Waals surface area contributed by atoms with Gasteiger partial charge in [-0.1, -0.05) is 0 Å². The fraction of sp³-hybridized carbons (Fsp3) is 0.250. The van der Waals surface area contributed by atoms with Gasteiger partial charge < -0.3 is 10.6 Å². The quantitative estimate of drug-likeness (QED) is 0.817. The van der Waals surface area contributed by atoms with E-state index >= 15 is 0 Å². The Morgan fingerprint density at radius 2 is 2.00 bits per heavy atom. The molecule has 0 radical (unpaired) electrons. The zero-order chi connectivity index (χ0) is 11.9. The Balaban J connectivity index is 2.92. The van der Waals surface area contributed by atoms with Crippen LogP contribution in [0.5, 0.6) is 0 Å². The lowest BCUT2D eigenvalue weighted by atomic mass is 10.1. The van der Waals surface area contributed by atoms with Gasteiger partial charge in [0, 0.05) is 41.2 Å². The van der Waals surface area contributed by atoms with Crippen LogP contribution in [-0.2, 0) is 0 Å². The van der Waals surface area contributed by atoms with Crippen molar-refractivity contribution in [3.05, 3.63) is 28.4 Å². The van der Waals surface area contributed by atoms with Crippen molar-refractivity contribution in [1.82, 2.24) is 4.98 Å². The fourth-order valence-electron chi connectivity index (χ4n) is 1.87. The van der Waals surface area contributed by atoms with Crippen molar-refractivity contribution in [2.75, 3.05) is 24.7 Å². The molecule has 0 saturated heterocycles. The summed E-state index contributed by atoms with van der Waals surface area (Å²) in [4.78, 5) is 6.41. The number of hydrogen-bond donors (Lipinski definition) is 1. The SMILES string of the molecule is Cc1cc(N)c2c(Br)cnc(N(C)C)c2c1. The van der Waals surface area contributed by atoms with Crippen molar-refractivity contribution in [2.45, 2.75) is 6.92 Å². The second kappa shape index (κ2) is 3.94. The van der Waals surface area contributed by atoms with Crippen LogP contribution in [0.3, 0.4) is 0 Å². The van der Waals surface area contributed by atoms with Crippen molar-refractivity contribution >= 4 is 38.2 Å². The van der Waals surface area contributed by atoms with Crippen molar-refractivity contribution in [3.8, 4) is 0 Å². The number of fused-ring (bicyclic) bond motifs is 1. The molecule has 2 aromatic rings. The molecule has 0 atom stereocenters. The van der Waals surface area contributed by atoms with E-state index in [2.05, 4.69) is 27.0 Å². The minimum atomic E-state index is 0.785. The molecule has 4 heteroatoms. The summed E-state index contributed by atoms with van der Waals surface area (Å²) in [7, 11) is 3.96. The maximum atomic E-state index is 6.05. The van der Waals surface area contributed by atoms with Crippen molar-refractivity contribution in [2.24, 2.45) is 0 Å². The van der Waals surface area contributed by atoms with Crippen LogP contribution in [0.25, 0.3) is 10.8 Å². The molecule has 0 aliphatic carbocycles. The van der Waals surface area contributed by atoms with Crippen LogP contribution in [0, 0.1) is 6.92 Å². The van der Waals surface area contributed by atoms with E-state index in [9.17, 15) is 0 Å². The van der Waals surface area contributed by atoms with E-state index in [0.29, 0.717) is 0 Å². The lowest BCUT2D eigenvalue weighted by Crippen LogP contribution is -2.11. The third-order valence-electron chi connectivity index (χ3n) is 2.52. The molecule has 84 valence electrons. The maximum Gasteiger partial charge on any atom is 0.136 e. The van der Waals surface area contributed by atoms with Crippen molar-refractivity contribution in [1.29, 1.82) is 0 Å². The van der Waals surface area contributed by atoms with Crippen molar-refractivity contribution in [3.63, 3.8) is 0 Å². The number of hydrogen-bond acceptors (Lipinski definition) is 3. The van der Waals surface area contributed by atoms with E-state index < -0.39 is 0 Å². The van der Waals surface area contributed by atoms with E-state index in [4.69, 9.17) is 5.73 Å². The number of aromatic nitrogens is 1. The molecule has 0 unspecified atom stereocenters. The second-order valence-electron chi connectivity index (χ2n) is 4.10. The second-order valence-corrected chi connectivity index (χ2v) is 4.96. The highest BCUT2D eigenvalue weighted by atomic mass is 79.9. The normalized spacial score (nSPS) is 10.8. The van der Waals surface area contributed by atoms with Gasteiger partial charge in [-0.05, 0) is 40.5 Å². The highest BCUT2D eigenvalue weighted by molar-refractivity contribution is 9.10. The molecule has 1 aromatic carbocycles. The Morgan fingerprint density at radius 1 is 1.31 bits per heavy atom. The molecule has 0 amide bonds. The first-order valence-corrected chi connectivity index (χ1v) is 5.81. The standard InChI is InChI=1S/C12H14BrN3/c1-7-4-8-11(10(14)5-7)9(13)6-15-12(8)16(2)3/h4-6H,14H2,1-3H3. The van der Waals surface area contributed by atoms with Gasteiger partial charge in [-0.3, -0.25) is 0 Å². The number of halogens is 1. The van der Waals surface area contributed by atoms with Gasteiger partial charge in [-0.25, -0.2) is 4.98 Å².